The summed E-state index contributed by atoms with van der Waals surface area (Å²) >= 11 is 0. The highest BCUT2D eigenvalue weighted by molar-refractivity contribution is 5.98. The van der Waals surface area contributed by atoms with E-state index in [-0.39, 0.29) is 11.8 Å². The highest BCUT2D eigenvalue weighted by atomic mass is 16.1. The van der Waals surface area contributed by atoms with E-state index in [1.165, 1.54) is 0 Å². The summed E-state index contributed by atoms with van der Waals surface area (Å²) in [7, 11) is 0. The van der Waals surface area contributed by atoms with Crippen LogP contribution in [-0.2, 0) is 4.79 Å². The Morgan fingerprint density at radius 2 is 1.89 bits per heavy atom. The van der Waals surface area contributed by atoms with Gasteiger partial charge in [-0.3, -0.25) is 4.79 Å². The largest absolute Gasteiger partial charge is 0.384 e. The zero-order valence-corrected chi connectivity index (χ0v) is 10.8. The van der Waals surface area contributed by atoms with E-state index in [9.17, 15) is 4.79 Å². The van der Waals surface area contributed by atoms with Crippen LogP contribution in [-0.4, -0.2) is 12.5 Å². The van der Waals surface area contributed by atoms with Crippen LogP contribution in [0.4, 0.5) is 11.4 Å². The lowest BCUT2D eigenvalue weighted by Crippen LogP contribution is -2.22. The van der Waals surface area contributed by atoms with Crippen molar-refractivity contribution in [2.45, 2.75) is 12.8 Å². The Balaban J connectivity index is 1.81. The van der Waals surface area contributed by atoms with Crippen molar-refractivity contribution in [3.8, 4) is 0 Å². The van der Waals surface area contributed by atoms with Gasteiger partial charge in [0.25, 0.3) is 0 Å². The summed E-state index contributed by atoms with van der Waals surface area (Å²) in [6.07, 6.45) is 0. The van der Waals surface area contributed by atoms with Crippen LogP contribution in [0.25, 0.3) is 0 Å². The second kappa shape index (κ2) is 4.76. The Labute approximate surface area is 112 Å². The Morgan fingerprint density at radius 3 is 2.74 bits per heavy atom. The molecule has 1 heterocycles. The van der Waals surface area contributed by atoms with E-state index in [0.717, 1.165) is 22.5 Å². The van der Waals surface area contributed by atoms with E-state index >= 15 is 0 Å². The summed E-state index contributed by atoms with van der Waals surface area (Å²) in [6, 6.07) is 15.8. The summed E-state index contributed by atoms with van der Waals surface area (Å²) in [5.74, 6) is -0.0671. The van der Waals surface area contributed by atoms with Crippen molar-refractivity contribution in [2.24, 2.45) is 0 Å². The molecule has 3 rings (SSSR count). The van der Waals surface area contributed by atoms with Crippen molar-refractivity contribution < 1.29 is 4.79 Å². The van der Waals surface area contributed by atoms with E-state index in [4.69, 9.17) is 0 Å². The fourth-order valence-corrected chi connectivity index (χ4v) is 2.45. The first kappa shape index (κ1) is 11.8. The highest BCUT2D eigenvalue weighted by Gasteiger charge is 2.28. The molecule has 0 bridgehead atoms. The molecule has 2 aromatic rings. The number of carbonyl (C=O) groups is 1. The maximum atomic E-state index is 12.4. The maximum Gasteiger partial charge on any atom is 0.233 e. The SMILES string of the molecule is Cc1ccccc1NC(=O)C1CNc2ccccc21. The standard InChI is InChI=1S/C16H16N2O/c1-11-6-2-4-8-14(11)18-16(19)13-10-17-15-9-5-3-7-12(13)15/h2-9,13,17H,10H2,1H3,(H,18,19). The summed E-state index contributed by atoms with van der Waals surface area (Å²) in [4.78, 5) is 12.4. The fraction of sp³-hybridized carbons (Fsp3) is 0.188. The third kappa shape index (κ3) is 2.19. The maximum absolute atomic E-state index is 12.4. The number of anilines is 2. The van der Waals surface area contributed by atoms with Gasteiger partial charge in [-0.2, -0.15) is 0 Å². The van der Waals surface area contributed by atoms with Gasteiger partial charge in [-0.25, -0.2) is 0 Å². The second-order valence-electron chi connectivity index (χ2n) is 4.82. The minimum absolute atomic E-state index is 0.0479. The number of carbonyl (C=O) groups excluding carboxylic acids is 1. The quantitative estimate of drug-likeness (QED) is 0.862. The number of hydrogen-bond acceptors (Lipinski definition) is 2. The predicted molar refractivity (Wildman–Crippen MR) is 77.5 cm³/mol. The zero-order valence-electron chi connectivity index (χ0n) is 10.8. The lowest BCUT2D eigenvalue weighted by molar-refractivity contribution is -0.117. The molecule has 0 spiro atoms. The van der Waals surface area contributed by atoms with Crippen LogP contribution in [0.15, 0.2) is 48.5 Å². The van der Waals surface area contributed by atoms with E-state index in [0.29, 0.717) is 6.54 Å². The lowest BCUT2D eigenvalue weighted by Gasteiger charge is -2.12. The Hall–Kier alpha value is -2.29. The molecule has 0 radical (unpaired) electrons. The smallest absolute Gasteiger partial charge is 0.233 e. The minimum atomic E-state index is -0.115. The molecule has 0 fully saturated rings. The molecule has 0 saturated carbocycles. The first-order valence-corrected chi connectivity index (χ1v) is 6.45. The van der Waals surface area contributed by atoms with Crippen LogP contribution >= 0.6 is 0 Å². The third-order valence-electron chi connectivity index (χ3n) is 3.55. The summed E-state index contributed by atoms with van der Waals surface area (Å²) in [5.41, 5.74) is 4.10. The van der Waals surface area contributed by atoms with Crippen molar-refractivity contribution in [2.75, 3.05) is 17.2 Å². The summed E-state index contributed by atoms with van der Waals surface area (Å²) in [6.45, 7) is 2.66. The molecule has 3 nitrogen and oxygen atoms in total. The van der Waals surface area contributed by atoms with Crippen LogP contribution in [0, 0.1) is 6.92 Å². The zero-order chi connectivity index (χ0) is 13.2. The molecule has 96 valence electrons. The Bertz CT molecular complexity index is 622. The van der Waals surface area contributed by atoms with Gasteiger partial charge in [0.2, 0.25) is 5.91 Å². The molecule has 2 aromatic carbocycles. The number of para-hydroxylation sites is 2. The van der Waals surface area contributed by atoms with E-state index in [2.05, 4.69) is 10.6 Å². The molecule has 19 heavy (non-hydrogen) atoms. The molecule has 1 aliphatic rings. The van der Waals surface area contributed by atoms with Gasteiger partial charge in [0.05, 0.1) is 5.92 Å². The number of nitrogens with one attached hydrogen (secondary N) is 2. The molecular formula is C16H16N2O. The number of amides is 1. The molecular weight excluding hydrogens is 236 g/mol. The average molecular weight is 252 g/mol. The number of benzene rings is 2. The number of rotatable bonds is 2. The first-order valence-electron chi connectivity index (χ1n) is 6.45. The lowest BCUT2D eigenvalue weighted by atomic mass is 10.0. The normalized spacial score (nSPS) is 16.6. The summed E-state index contributed by atoms with van der Waals surface area (Å²) in [5, 5.41) is 6.28. The number of aryl methyl sites for hydroxylation is 1. The number of hydrogen-bond donors (Lipinski definition) is 2. The van der Waals surface area contributed by atoms with Crippen molar-refractivity contribution in [1.29, 1.82) is 0 Å². The molecule has 0 aromatic heterocycles. The Kier molecular flexibility index (Phi) is 2.95. The van der Waals surface area contributed by atoms with Gasteiger partial charge < -0.3 is 10.6 Å². The number of fused-ring (bicyclic) bond motifs is 1. The van der Waals surface area contributed by atoms with E-state index in [1.807, 2.05) is 55.5 Å². The van der Waals surface area contributed by atoms with Gasteiger partial charge in [-0.15, -0.1) is 0 Å². The first-order chi connectivity index (χ1) is 9.25. The van der Waals surface area contributed by atoms with Gasteiger partial charge in [0.15, 0.2) is 0 Å². The second-order valence-corrected chi connectivity index (χ2v) is 4.82. The Morgan fingerprint density at radius 1 is 1.16 bits per heavy atom. The van der Waals surface area contributed by atoms with E-state index in [1.54, 1.807) is 0 Å². The van der Waals surface area contributed by atoms with Gasteiger partial charge in [0.1, 0.15) is 0 Å². The van der Waals surface area contributed by atoms with Crippen LogP contribution < -0.4 is 10.6 Å². The van der Waals surface area contributed by atoms with Crippen molar-refractivity contribution in [1.82, 2.24) is 0 Å². The summed E-state index contributed by atoms with van der Waals surface area (Å²) < 4.78 is 0. The molecule has 1 aliphatic heterocycles. The van der Waals surface area contributed by atoms with Gasteiger partial charge >= 0.3 is 0 Å². The molecule has 1 atom stereocenters. The van der Waals surface area contributed by atoms with Crippen LogP contribution in [0.3, 0.4) is 0 Å². The van der Waals surface area contributed by atoms with Gasteiger partial charge in [0, 0.05) is 17.9 Å². The minimum Gasteiger partial charge on any atom is -0.384 e. The molecule has 1 amide bonds. The molecule has 3 heteroatoms. The monoisotopic (exact) mass is 252 g/mol. The van der Waals surface area contributed by atoms with Gasteiger partial charge in [-0.05, 0) is 30.2 Å². The van der Waals surface area contributed by atoms with Crippen LogP contribution in [0.2, 0.25) is 0 Å². The highest BCUT2D eigenvalue weighted by Crippen LogP contribution is 2.32. The molecule has 1 unspecified atom stereocenters. The van der Waals surface area contributed by atoms with Crippen LogP contribution in [0.5, 0.6) is 0 Å². The van der Waals surface area contributed by atoms with Crippen molar-refractivity contribution in [3.05, 3.63) is 59.7 Å². The topological polar surface area (TPSA) is 41.1 Å². The van der Waals surface area contributed by atoms with Crippen LogP contribution in [0.1, 0.15) is 17.0 Å². The van der Waals surface area contributed by atoms with E-state index < -0.39 is 0 Å². The molecule has 0 saturated heterocycles. The fourth-order valence-electron chi connectivity index (χ4n) is 2.45. The van der Waals surface area contributed by atoms with Crippen molar-refractivity contribution in [3.63, 3.8) is 0 Å². The average Bonchev–Trinajstić information content (AvgIpc) is 2.85. The molecule has 0 aliphatic carbocycles. The van der Waals surface area contributed by atoms with Crippen molar-refractivity contribution >= 4 is 17.3 Å². The predicted octanol–water partition coefficient (Wildman–Crippen LogP) is 3.14. The third-order valence-corrected chi connectivity index (χ3v) is 3.55. The molecule has 2 N–H and O–H groups in total. The van der Waals surface area contributed by atoms with Gasteiger partial charge in [-0.1, -0.05) is 36.4 Å².